The first-order valence-corrected chi connectivity index (χ1v) is 8.39. The predicted molar refractivity (Wildman–Crippen MR) is 95.5 cm³/mol. The van der Waals surface area contributed by atoms with Gasteiger partial charge >= 0.3 is 5.97 Å². The fraction of sp³-hybridized carbons (Fsp3) is 0.0526. The number of para-hydroxylation sites is 1. The van der Waals surface area contributed by atoms with Crippen molar-refractivity contribution >= 4 is 38.3 Å². The van der Waals surface area contributed by atoms with Crippen LogP contribution in [0.15, 0.2) is 59.4 Å². The lowest BCUT2D eigenvalue weighted by molar-refractivity contribution is 0.0477. The van der Waals surface area contributed by atoms with Gasteiger partial charge in [0, 0.05) is 10.2 Å². The number of hydrogen-bond donors (Lipinski definition) is 1. The van der Waals surface area contributed by atoms with E-state index in [1.807, 2.05) is 24.3 Å². The second kappa shape index (κ2) is 6.14. The van der Waals surface area contributed by atoms with Crippen molar-refractivity contribution in [1.82, 2.24) is 4.98 Å². The molecule has 0 aliphatic rings. The average Bonchev–Trinajstić information content (AvgIpc) is 3.02. The highest BCUT2D eigenvalue weighted by atomic mass is 32.1. The minimum absolute atomic E-state index is 0.123. The third-order valence-electron chi connectivity index (χ3n) is 3.87. The molecule has 0 bridgehead atoms. The molecule has 0 radical (unpaired) electrons. The van der Waals surface area contributed by atoms with Crippen molar-refractivity contribution in [3.8, 4) is 0 Å². The maximum atomic E-state index is 13.2. The second-order valence-electron chi connectivity index (χ2n) is 5.58. The summed E-state index contributed by atoms with van der Waals surface area (Å²) in [5, 5.41) is 1.52. The Morgan fingerprint density at radius 3 is 2.80 bits per heavy atom. The lowest BCUT2D eigenvalue weighted by Gasteiger charge is -2.04. The zero-order valence-corrected chi connectivity index (χ0v) is 13.7. The zero-order valence-electron chi connectivity index (χ0n) is 12.9. The standard InChI is InChI=1S/C19H12FNO3S/c20-14-5-6-16-12(8-14)9-17(25-16)19(23)24-10-13-7-11-3-1-2-4-15(11)21-18(13)22/h1-9H,10H2,(H,21,22). The number of benzene rings is 2. The summed E-state index contributed by atoms with van der Waals surface area (Å²) in [5.41, 5.74) is 0.818. The van der Waals surface area contributed by atoms with Crippen molar-refractivity contribution in [3.63, 3.8) is 0 Å². The van der Waals surface area contributed by atoms with Crippen molar-refractivity contribution in [3.05, 3.63) is 81.2 Å². The number of thiophene rings is 1. The summed E-state index contributed by atoms with van der Waals surface area (Å²) in [7, 11) is 0. The number of fused-ring (bicyclic) bond motifs is 2. The number of hydrogen-bond acceptors (Lipinski definition) is 4. The summed E-state index contributed by atoms with van der Waals surface area (Å²) in [5.74, 6) is -0.887. The van der Waals surface area contributed by atoms with Crippen molar-refractivity contribution < 1.29 is 13.9 Å². The van der Waals surface area contributed by atoms with E-state index in [-0.39, 0.29) is 18.0 Å². The van der Waals surface area contributed by atoms with Gasteiger partial charge in [0.25, 0.3) is 5.56 Å². The highest BCUT2D eigenvalue weighted by Crippen LogP contribution is 2.27. The quantitative estimate of drug-likeness (QED) is 0.561. The van der Waals surface area contributed by atoms with Gasteiger partial charge in [0.15, 0.2) is 0 Å². The maximum absolute atomic E-state index is 13.2. The van der Waals surface area contributed by atoms with Gasteiger partial charge < -0.3 is 9.72 Å². The zero-order chi connectivity index (χ0) is 17.4. The molecule has 0 atom stereocenters. The van der Waals surface area contributed by atoms with Crippen LogP contribution in [-0.2, 0) is 11.3 Å². The molecule has 0 unspecified atom stereocenters. The molecule has 2 aromatic carbocycles. The van der Waals surface area contributed by atoms with Gasteiger partial charge in [-0.15, -0.1) is 11.3 Å². The van der Waals surface area contributed by atoms with Crippen LogP contribution in [0.2, 0.25) is 0 Å². The van der Waals surface area contributed by atoms with Gasteiger partial charge in [0.05, 0.1) is 5.56 Å². The van der Waals surface area contributed by atoms with Crippen LogP contribution < -0.4 is 5.56 Å². The van der Waals surface area contributed by atoms with Gasteiger partial charge in [-0.3, -0.25) is 4.79 Å². The lowest BCUT2D eigenvalue weighted by Crippen LogP contribution is -2.15. The Balaban J connectivity index is 1.56. The van der Waals surface area contributed by atoms with Crippen LogP contribution in [-0.4, -0.2) is 11.0 Å². The van der Waals surface area contributed by atoms with Gasteiger partial charge in [-0.05, 0) is 47.2 Å². The van der Waals surface area contributed by atoms with Gasteiger partial charge in [-0.2, -0.15) is 0 Å². The van der Waals surface area contributed by atoms with Gasteiger partial charge in [-0.25, -0.2) is 9.18 Å². The number of nitrogens with one attached hydrogen (secondary N) is 1. The molecule has 4 rings (SSSR count). The van der Waals surface area contributed by atoms with E-state index in [4.69, 9.17) is 4.74 Å². The number of carbonyl (C=O) groups excluding carboxylic acids is 1. The van der Waals surface area contributed by atoms with Gasteiger partial charge in [-0.1, -0.05) is 18.2 Å². The Morgan fingerprint density at radius 2 is 1.92 bits per heavy atom. The molecular weight excluding hydrogens is 341 g/mol. The van der Waals surface area contributed by atoms with Crippen molar-refractivity contribution in [1.29, 1.82) is 0 Å². The third kappa shape index (κ3) is 3.04. The monoisotopic (exact) mass is 353 g/mol. The summed E-state index contributed by atoms with van der Waals surface area (Å²) in [4.78, 5) is 27.4. The lowest BCUT2D eigenvalue weighted by atomic mass is 10.1. The minimum Gasteiger partial charge on any atom is -0.456 e. The predicted octanol–water partition coefficient (Wildman–Crippen LogP) is 4.24. The molecule has 0 amide bonds. The van der Waals surface area contributed by atoms with E-state index < -0.39 is 5.97 Å². The molecule has 25 heavy (non-hydrogen) atoms. The molecule has 0 aliphatic carbocycles. The molecule has 0 aliphatic heterocycles. The molecule has 0 spiro atoms. The Hall–Kier alpha value is -2.99. The van der Waals surface area contributed by atoms with Crippen LogP contribution >= 0.6 is 11.3 Å². The molecule has 0 fully saturated rings. The second-order valence-corrected chi connectivity index (χ2v) is 6.66. The van der Waals surface area contributed by atoms with Crippen LogP contribution in [0, 0.1) is 5.82 Å². The molecule has 0 saturated heterocycles. The van der Waals surface area contributed by atoms with Crippen LogP contribution in [0.5, 0.6) is 0 Å². The number of halogens is 1. The Kier molecular flexibility index (Phi) is 3.82. The Morgan fingerprint density at radius 1 is 1.08 bits per heavy atom. The number of esters is 1. The largest absolute Gasteiger partial charge is 0.456 e. The van der Waals surface area contributed by atoms with E-state index in [0.29, 0.717) is 15.8 Å². The molecule has 124 valence electrons. The molecule has 2 aromatic heterocycles. The summed E-state index contributed by atoms with van der Waals surface area (Å²) < 4.78 is 19.3. The molecular formula is C19H12FNO3S. The van der Waals surface area contributed by atoms with Crippen LogP contribution in [0.3, 0.4) is 0 Å². The fourth-order valence-corrected chi connectivity index (χ4v) is 3.57. The number of carbonyl (C=O) groups is 1. The number of rotatable bonds is 3. The van der Waals surface area contributed by atoms with E-state index >= 15 is 0 Å². The maximum Gasteiger partial charge on any atom is 0.348 e. The number of ether oxygens (including phenoxy) is 1. The van der Waals surface area contributed by atoms with E-state index in [1.54, 1.807) is 18.2 Å². The summed E-state index contributed by atoms with van der Waals surface area (Å²) in [6.45, 7) is -0.123. The van der Waals surface area contributed by atoms with Crippen LogP contribution in [0.4, 0.5) is 4.39 Å². The highest BCUT2D eigenvalue weighted by Gasteiger charge is 2.13. The third-order valence-corrected chi connectivity index (χ3v) is 4.96. The van der Waals surface area contributed by atoms with E-state index in [1.165, 1.54) is 23.5 Å². The molecule has 4 nitrogen and oxygen atoms in total. The smallest absolute Gasteiger partial charge is 0.348 e. The summed E-state index contributed by atoms with van der Waals surface area (Å²) >= 11 is 1.23. The van der Waals surface area contributed by atoms with Crippen molar-refractivity contribution in [2.75, 3.05) is 0 Å². The number of aromatic nitrogens is 1. The van der Waals surface area contributed by atoms with E-state index in [9.17, 15) is 14.0 Å². The van der Waals surface area contributed by atoms with E-state index in [0.717, 1.165) is 15.6 Å². The number of aromatic amines is 1. The minimum atomic E-state index is -0.533. The molecule has 2 heterocycles. The normalized spacial score (nSPS) is 11.1. The number of pyridine rings is 1. The summed E-state index contributed by atoms with van der Waals surface area (Å²) in [6.07, 6.45) is 0. The average molecular weight is 353 g/mol. The first-order valence-electron chi connectivity index (χ1n) is 7.57. The van der Waals surface area contributed by atoms with Crippen molar-refractivity contribution in [2.24, 2.45) is 0 Å². The Bertz CT molecular complexity index is 1160. The molecule has 6 heteroatoms. The van der Waals surface area contributed by atoms with Crippen molar-refractivity contribution in [2.45, 2.75) is 6.61 Å². The van der Waals surface area contributed by atoms with E-state index in [2.05, 4.69) is 4.98 Å². The SMILES string of the molecule is O=C(OCc1cc2ccccc2[nH]c1=O)c1cc2cc(F)ccc2s1. The Labute approximate surface area is 145 Å². The summed E-state index contributed by atoms with van der Waals surface area (Å²) in [6, 6.07) is 15.0. The molecule has 4 aromatic rings. The van der Waals surface area contributed by atoms with Gasteiger partial charge in [0.2, 0.25) is 0 Å². The first-order chi connectivity index (χ1) is 12.1. The molecule has 1 N–H and O–H groups in total. The van der Waals surface area contributed by atoms with Gasteiger partial charge in [0.1, 0.15) is 17.3 Å². The van der Waals surface area contributed by atoms with Crippen LogP contribution in [0.25, 0.3) is 21.0 Å². The molecule has 0 saturated carbocycles. The first kappa shape index (κ1) is 15.5. The fourth-order valence-electron chi connectivity index (χ4n) is 2.63. The topological polar surface area (TPSA) is 59.2 Å². The highest BCUT2D eigenvalue weighted by molar-refractivity contribution is 7.20. The number of H-pyrrole nitrogens is 1. The van der Waals surface area contributed by atoms with Crippen LogP contribution in [0.1, 0.15) is 15.2 Å².